The summed E-state index contributed by atoms with van der Waals surface area (Å²) in [6, 6.07) is 2.54. The van der Waals surface area contributed by atoms with Gasteiger partial charge in [0.2, 0.25) is 5.91 Å². The Hall–Kier alpha value is -1.95. The molecule has 0 spiro atoms. The number of carbonyl (C=O) groups is 2. The van der Waals surface area contributed by atoms with E-state index in [-0.39, 0.29) is 11.8 Å². The SMILES string of the molecule is CCOc1c(Cl)cc(C(=O)N[C@H]2CCCCNC2=O)cc1OC. The first-order valence-corrected chi connectivity index (χ1v) is 8.03. The smallest absolute Gasteiger partial charge is 0.252 e. The summed E-state index contributed by atoms with van der Waals surface area (Å²) in [6.07, 6.45) is 2.43. The van der Waals surface area contributed by atoms with Crippen LogP contribution in [0.5, 0.6) is 11.5 Å². The Morgan fingerprint density at radius 3 is 2.91 bits per heavy atom. The lowest BCUT2D eigenvalue weighted by Gasteiger charge is -2.17. The molecule has 1 atom stereocenters. The Morgan fingerprint density at radius 1 is 1.43 bits per heavy atom. The maximum absolute atomic E-state index is 12.4. The van der Waals surface area contributed by atoms with Gasteiger partial charge in [-0.3, -0.25) is 9.59 Å². The quantitative estimate of drug-likeness (QED) is 0.861. The third-order valence-electron chi connectivity index (χ3n) is 3.62. The predicted molar refractivity (Wildman–Crippen MR) is 87.3 cm³/mol. The molecule has 1 saturated heterocycles. The van der Waals surface area contributed by atoms with E-state index in [4.69, 9.17) is 21.1 Å². The van der Waals surface area contributed by atoms with E-state index in [0.29, 0.717) is 41.7 Å². The molecule has 6 nitrogen and oxygen atoms in total. The summed E-state index contributed by atoms with van der Waals surface area (Å²) in [6.45, 7) is 2.92. The molecule has 7 heteroatoms. The first-order valence-electron chi connectivity index (χ1n) is 7.65. The van der Waals surface area contributed by atoms with Gasteiger partial charge in [0, 0.05) is 12.1 Å². The number of methoxy groups -OCH3 is 1. The second kappa shape index (κ2) is 8.06. The molecule has 23 heavy (non-hydrogen) atoms. The molecule has 1 aromatic rings. The first-order chi connectivity index (χ1) is 11.1. The monoisotopic (exact) mass is 340 g/mol. The molecule has 0 saturated carbocycles. The average molecular weight is 341 g/mol. The van der Waals surface area contributed by atoms with Crippen LogP contribution >= 0.6 is 11.6 Å². The zero-order valence-corrected chi connectivity index (χ0v) is 14.0. The normalized spacial score (nSPS) is 17.9. The summed E-state index contributed by atoms with van der Waals surface area (Å²) in [5.74, 6) is 0.269. The van der Waals surface area contributed by atoms with Gasteiger partial charge in [-0.05, 0) is 38.3 Å². The highest BCUT2D eigenvalue weighted by atomic mass is 35.5. The van der Waals surface area contributed by atoms with Crippen molar-refractivity contribution in [3.8, 4) is 11.5 Å². The van der Waals surface area contributed by atoms with E-state index >= 15 is 0 Å². The van der Waals surface area contributed by atoms with Gasteiger partial charge in [-0.2, -0.15) is 0 Å². The highest BCUT2D eigenvalue weighted by molar-refractivity contribution is 6.32. The number of ether oxygens (including phenoxy) is 2. The van der Waals surface area contributed by atoms with Crippen molar-refractivity contribution in [1.29, 1.82) is 0 Å². The van der Waals surface area contributed by atoms with Crippen molar-refractivity contribution >= 4 is 23.4 Å². The van der Waals surface area contributed by atoms with Gasteiger partial charge in [0.25, 0.3) is 5.91 Å². The van der Waals surface area contributed by atoms with Crippen molar-refractivity contribution in [3.63, 3.8) is 0 Å². The van der Waals surface area contributed by atoms with Crippen LogP contribution in [0.1, 0.15) is 36.5 Å². The summed E-state index contributed by atoms with van der Waals surface area (Å²) >= 11 is 6.17. The van der Waals surface area contributed by atoms with Crippen molar-refractivity contribution in [2.45, 2.75) is 32.2 Å². The van der Waals surface area contributed by atoms with E-state index in [9.17, 15) is 9.59 Å². The van der Waals surface area contributed by atoms with E-state index < -0.39 is 6.04 Å². The third kappa shape index (κ3) is 4.28. The summed E-state index contributed by atoms with van der Waals surface area (Å²) in [5, 5.41) is 5.83. The molecule has 1 fully saturated rings. The molecular weight excluding hydrogens is 320 g/mol. The summed E-state index contributed by atoms with van der Waals surface area (Å²) in [4.78, 5) is 24.3. The van der Waals surface area contributed by atoms with Crippen LogP contribution < -0.4 is 20.1 Å². The van der Waals surface area contributed by atoms with Gasteiger partial charge >= 0.3 is 0 Å². The van der Waals surface area contributed by atoms with Crippen LogP contribution in [-0.4, -0.2) is 38.1 Å². The number of hydrogen-bond donors (Lipinski definition) is 2. The molecule has 2 amide bonds. The van der Waals surface area contributed by atoms with Crippen LogP contribution in [0, 0.1) is 0 Å². The molecule has 2 rings (SSSR count). The maximum Gasteiger partial charge on any atom is 0.252 e. The lowest BCUT2D eigenvalue weighted by Crippen LogP contribution is -2.45. The van der Waals surface area contributed by atoms with E-state index in [1.165, 1.54) is 13.2 Å². The van der Waals surface area contributed by atoms with Crippen LogP contribution in [0.2, 0.25) is 5.02 Å². The third-order valence-corrected chi connectivity index (χ3v) is 3.90. The molecule has 1 aromatic carbocycles. The second-order valence-electron chi connectivity index (χ2n) is 5.24. The van der Waals surface area contributed by atoms with Crippen molar-refractivity contribution in [3.05, 3.63) is 22.7 Å². The fraction of sp³-hybridized carbons (Fsp3) is 0.500. The van der Waals surface area contributed by atoms with Gasteiger partial charge in [0.1, 0.15) is 6.04 Å². The predicted octanol–water partition coefficient (Wildman–Crippen LogP) is 2.15. The molecule has 1 aliphatic rings. The molecule has 126 valence electrons. The summed E-state index contributed by atoms with van der Waals surface area (Å²) in [5.41, 5.74) is 0.326. The number of carbonyl (C=O) groups excluding carboxylic acids is 2. The standard InChI is InChI=1S/C16H21ClN2O4/c1-3-23-14-11(17)8-10(9-13(14)22-2)15(20)19-12-6-4-5-7-18-16(12)21/h8-9,12H,3-7H2,1-2H3,(H,18,21)(H,19,20)/t12-/m0/s1. The molecule has 0 aromatic heterocycles. The van der Waals surface area contributed by atoms with Crippen molar-refractivity contribution in [1.82, 2.24) is 10.6 Å². The Balaban J connectivity index is 2.18. The molecule has 1 aliphatic heterocycles. The first kappa shape index (κ1) is 17.4. The van der Waals surface area contributed by atoms with Crippen LogP contribution in [0.25, 0.3) is 0 Å². The van der Waals surface area contributed by atoms with Crippen LogP contribution in [0.15, 0.2) is 12.1 Å². The van der Waals surface area contributed by atoms with E-state index in [2.05, 4.69) is 10.6 Å². The minimum Gasteiger partial charge on any atom is -0.493 e. The lowest BCUT2D eigenvalue weighted by atomic mass is 10.1. The van der Waals surface area contributed by atoms with Gasteiger partial charge < -0.3 is 20.1 Å². The van der Waals surface area contributed by atoms with E-state index in [1.807, 2.05) is 6.92 Å². The molecule has 0 aliphatic carbocycles. The zero-order chi connectivity index (χ0) is 16.8. The van der Waals surface area contributed by atoms with Crippen molar-refractivity contribution < 1.29 is 19.1 Å². The fourth-order valence-electron chi connectivity index (χ4n) is 2.45. The highest BCUT2D eigenvalue weighted by Crippen LogP contribution is 2.36. The Labute approximate surface area is 140 Å². The number of benzene rings is 1. The largest absolute Gasteiger partial charge is 0.493 e. The summed E-state index contributed by atoms with van der Waals surface area (Å²) in [7, 11) is 1.48. The lowest BCUT2D eigenvalue weighted by molar-refractivity contribution is -0.122. The number of nitrogens with one attached hydrogen (secondary N) is 2. The Kier molecular flexibility index (Phi) is 6.10. The number of halogens is 1. The molecule has 0 unspecified atom stereocenters. The van der Waals surface area contributed by atoms with Crippen molar-refractivity contribution in [2.24, 2.45) is 0 Å². The summed E-state index contributed by atoms with van der Waals surface area (Å²) < 4.78 is 10.7. The highest BCUT2D eigenvalue weighted by Gasteiger charge is 2.24. The Morgan fingerprint density at radius 2 is 2.22 bits per heavy atom. The van der Waals surface area contributed by atoms with Gasteiger partial charge in [-0.1, -0.05) is 11.6 Å². The molecular formula is C16H21ClN2O4. The number of amides is 2. The van der Waals surface area contributed by atoms with Gasteiger partial charge in [-0.25, -0.2) is 0 Å². The fourth-order valence-corrected chi connectivity index (χ4v) is 2.72. The van der Waals surface area contributed by atoms with Crippen LogP contribution in [0.3, 0.4) is 0 Å². The molecule has 0 bridgehead atoms. The van der Waals surface area contributed by atoms with Crippen molar-refractivity contribution in [2.75, 3.05) is 20.3 Å². The number of rotatable bonds is 5. The zero-order valence-electron chi connectivity index (χ0n) is 13.3. The minimum absolute atomic E-state index is 0.153. The topological polar surface area (TPSA) is 76.7 Å². The van der Waals surface area contributed by atoms with E-state index in [0.717, 1.165) is 12.8 Å². The second-order valence-corrected chi connectivity index (χ2v) is 5.64. The maximum atomic E-state index is 12.4. The number of hydrogen-bond acceptors (Lipinski definition) is 4. The molecule has 1 heterocycles. The van der Waals surface area contributed by atoms with Crippen LogP contribution in [-0.2, 0) is 4.79 Å². The van der Waals surface area contributed by atoms with Crippen LogP contribution in [0.4, 0.5) is 0 Å². The van der Waals surface area contributed by atoms with Gasteiger partial charge in [-0.15, -0.1) is 0 Å². The van der Waals surface area contributed by atoms with Gasteiger partial charge in [0.05, 0.1) is 18.7 Å². The van der Waals surface area contributed by atoms with E-state index in [1.54, 1.807) is 6.07 Å². The van der Waals surface area contributed by atoms with Gasteiger partial charge in [0.15, 0.2) is 11.5 Å². The molecule has 2 N–H and O–H groups in total. The Bertz CT molecular complexity index is 592. The molecule has 0 radical (unpaired) electrons. The average Bonchev–Trinajstić information content (AvgIpc) is 2.74. The minimum atomic E-state index is -0.527.